The number of para-hydroxylation sites is 4. The van der Waals surface area contributed by atoms with E-state index in [-0.39, 0.29) is 0 Å². The van der Waals surface area contributed by atoms with E-state index < -0.39 is 8.07 Å². The summed E-state index contributed by atoms with van der Waals surface area (Å²) in [6.45, 7) is 0. The molecule has 0 saturated heterocycles. The Labute approximate surface area is 364 Å². The standard InChI is InChI=1S/C60H38N2Si/c1-5-20-39(21-6-1)53-55-49-34-18-32-47-46-31-14-16-37-52(46)62(57(47)49)60(55)54(56-50-35-19-33-48-45-30-13-15-36-51(45)61(58(48)50)59(53)56)40-22-17-29-44(38-40)63(41-23-7-2-8-24-41,42-25-9-3-10-26-42)43-27-11-4-12-28-43/h1-38H. The van der Waals surface area contributed by atoms with Crippen LogP contribution in [-0.2, 0) is 0 Å². The molecule has 0 atom stereocenters. The Hall–Kier alpha value is -7.98. The predicted molar refractivity (Wildman–Crippen MR) is 270 cm³/mol. The van der Waals surface area contributed by atoms with Gasteiger partial charge in [0.2, 0.25) is 0 Å². The van der Waals surface area contributed by atoms with Crippen LogP contribution in [0.1, 0.15) is 0 Å². The zero-order chi connectivity index (χ0) is 41.2. The SMILES string of the molecule is c1ccc(-c2c3c4cccc5c6ccccc6n(c3c(-c3cccc([Si](c6ccccc6)(c6ccccc6)c6ccccc6)c3)c3c6cccc7c8ccccc8n(c23)c76)c54)cc1. The smallest absolute Gasteiger partial charge is 0.179 e. The van der Waals surface area contributed by atoms with Crippen molar-refractivity contribution in [2.45, 2.75) is 0 Å². The molecule has 0 aliphatic carbocycles. The van der Waals surface area contributed by atoms with Crippen LogP contribution < -0.4 is 20.7 Å². The fraction of sp³-hybridized carbons (Fsp3) is 0. The van der Waals surface area contributed by atoms with Crippen LogP contribution in [0.2, 0.25) is 0 Å². The third-order valence-electron chi connectivity index (χ3n) is 14.1. The molecule has 2 nitrogen and oxygen atoms in total. The van der Waals surface area contributed by atoms with Gasteiger partial charge in [0.05, 0.1) is 33.1 Å². The van der Waals surface area contributed by atoms with Gasteiger partial charge in [0, 0.05) is 54.2 Å². The van der Waals surface area contributed by atoms with E-state index in [1.807, 2.05) is 0 Å². The van der Waals surface area contributed by atoms with E-state index in [1.165, 1.54) is 119 Å². The van der Waals surface area contributed by atoms with Crippen molar-refractivity contribution in [3.63, 3.8) is 0 Å². The molecular formula is C60H38N2Si. The molecule has 0 aliphatic rings. The van der Waals surface area contributed by atoms with Gasteiger partial charge in [-0.2, -0.15) is 0 Å². The first-order valence-corrected chi connectivity index (χ1v) is 23.9. The predicted octanol–water partition coefficient (Wildman–Crippen LogP) is 12.7. The van der Waals surface area contributed by atoms with Crippen molar-refractivity contribution in [1.82, 2.24) is 8.80 Å². The summed E-state index contributed by atoms with van der Waals surface area (Å²) in [7, 11) is -2.87. The fourth-order valence-corrected chi connectivity index (χ4v) is 16.5. The molecule has 0 bridgehead atoms. The highest BCUT2D eigenvalue weighted by Gasteiger charge is 2.42. The van der Waals surface area contributed by atoms with Crippen molar-refractivity contribution in [2.24, 2.45) is 0 Å². The third-order valence-corrected chi connectivity index (χ3v) is 18.9. The molecule has 0 fully saturated rings. The molecule has 0 N–H and O–H groups in total. The Morgan fingerprint density at radius 2 is 0.603 bits per heavy atom. The summed E-state index contributed by atoms with van der Waals surface area (Å²) in [5, 5.41) is 15.8. The quantitative estimate of drug-likeness (QED) is 0.117. The zero-order valence-corrected chi connectivity index (χ0v) is 35.3. The van der Waals surface area contributed by atoms with Gasteiger partial charge in [0.25, 0.3) is 0 Å². The normalized spacial score (nSPS) is 12.4. The van der Waals surface area contributed by atoms with Crippen molar-refractivity contribution in [1.29, 1.82) is 0 Å². The molecule has 14 aromatic rings. The molecule has 0 spiro atoms. The second-order valence-electron chi connectivity index (χ2n) is 17.1. The van der Waals surface area contributed by atoms with E-state index in [4.69, 9.17) is 0 Å². The topological polar surface area (TPSA) is 8.82 Å². The average Bonchev–Trinajstić information content (AvgIpc) is 4.09. The third kappa shape index (κ3) is 4.51. The summed E-state index contributed by atoms with van der Waals surface area (Å²) >= 11 is 0. The van der Waals surface area contributed by atoms with E-state index in [2.05, 4.69) is 239 Å². The van der Waals surface area contributed by atoms with E-state index >= 15 is 0 Å². The van der Waals surface area contributed by atoms with E-state index in [9.17, 15) is 0 Å². The number of hydrogen-bond donors (Lipinski definition) is 0. The van der Waals surface area contributed by atoms with Crippen LogP contribution in [0.5, 0.6) is 0 Å². The van der Waals surface area contributed by atoms with Crippen LogP contribution in [-0.4, -0.2) is 16.9 Å². The summed E-state index contributed by atoms with van der Waals surface area (Å²) in [5.41, 5.74) is 12.6. The van der Waals surface area contributed by atoms with Crippen LogP contribution in [0.4, 0.5) is 0 Å². The molecular weight excluding hydrogens is 777 g/mol. The van der Waals surface area contributed by atoms with Crippen LogP contribution in [0.25, 0.3) is 98.4 Å². The Kier molecular flexibility index (Phi) is 7.17. The highest BCUT2D eigenvalue weighted by molar-refractivity contribution is 7.19. The average molecular weight is 815 g/mol. The lowest BCUT2D eigenvalue weighted by Gasteiger charge is -2.34. The second kappa shape index (κ2) is 13.0. The van der Waals surface area contributed by atoms with E-state index in [0.29, 0.717) is 0 Å². The van der Waals surface area contributed by atoms with Crippen LogP contribution in [0.3, 0.4) is 0 Å². The fourth-order valence-electron chi connectivity index (χ4n) is 11.7. The first-order valence-electron chi connectivity index (χ1n) is 21.9. The highest BCUT2D eigenvalue weighted by atomic mass is 28.3. The van der Waals surface area contributed by atoms with Gasteiger partial charge < -0.3 is 8.80 Å². The lowest BCUT2D eigenvalue weighted by atomic mass is 9.89. The molecule has 63 heavy (non-hydrogen) atoms. The Balaban J connectivity index is 1.25. The lowest BCUT2D eigenvalue weighted by molar-refractivity contribution is 1.36. The minimum Gasteiger partial charge on any atom is -0.307 e. The molecule has 10 aromatic carbocycles. The Bertz CT molecular complexity index is 3950. The number of aromatic nitrogens is 2. The molecule has 292 valence electrons. The molecule has 0 unspecified atom stereocenters. The summed E-state index contributed by atoms with van der Waals surface area (Å²) < 4.78 is 5.22. The molecule has 3 heteroatoms. The maximum Gasteiger partial charge on any atom is 0.179 e. The van der Waals surface area contributed by atoms with Crippen molar-refractivity contribution in [3.05, 3.63) is 231 Å². The zero-order valence-electron chi connectivity index (χ0n) is 34.3. The van der Waals surface area contributed by atoms with Gasteiger partial charge in [-0.3, -0.25) is 0 Å². The summed E-state index contributed by atoms with van der Waals surface area (Å²) in [5.74, 6) is 0. The van der Waals surface area contributed by atoms with Crippen LogP contribution >= 0.6 is 0 Å². The number of nitrogens with zero attached hydrogens (tertiary/aromatic N) is 2. The molecule has 4 aromatic heterocycles. The van der Waals surface area contributed by atoms with Crippen molar-refractivity contribution in [2.75, 3.05) is 0 Å². The van der Waals surface area contributed by atoms with Crippen LogP contribution in [0.15, 0.2) is 231 Å². The van der Waals surface area contributed by atoms with Gasteiger partial charge >= 0.3 is 0 Å². The van der Waals surface area contributed by atoms with Crippen molar-refractivity contribution in [3.8, 4) is 22.3 Å². The van der Waals surface area contributed by atoms with Gasteiger partial charge in [-0.1, -0.05) is 218 Å². The van der Waals surface area contributed by atoms with E-state index in [1.54, 1.807) is 0 Å². The minimum absolute atomic E-state index is 1.22. The molecule has 0 radical (unpaired) electrons. The minimum atomic E-state index is -2.87. The van der Waals surface area contributed by atoms with E-state index in [0.717, 1.165) is 0 Å². The lowest BCUT2D eigenvalue weighted by Crippen LogP contribution is -2.74. The summed E-state index contributed by atoms with van der Waals surface area (Å²) in [6.07, 6.45) is 0. The largest absolute Gasteiger partial charge is 0.307 e. The molecule has 0 saturated carbocycles. The molecule has 0 aliphatic heterocycles. The molecule has 0 amide bonds. The van der Waals surface area contributed by atoms with Gasteiger partial charge in [-0.05, 0) is 44.0 Å². The monoisotopic (exact) mass is 814 g/mol. The molecule has 4 heterocycles. The highest BCUT2D eigenvalue weighted by Crippen LogP contribution is 2.53. The maximum atomic E-state index is 2.62. The van der Waals surface area contributed by atoms with Crippen LogP contribution in [0, 0.1) is 0 Å². The van der Waals surface area contributed by atoms with Crippen molar-refractivity contribution < 1.29 is 0 Å². The second-order valence-corrected chi connectivity index (χ2v) is 20.9. The van der Waals surface area contributed by atoms with Gasteiger partial charge in [-0.15, -0.1) is 0 Å². The van der Waals surface area contributed by atoms with Gasteiger partial charge in [0.15, 0.2) is 8.07 Å². The summed E-state index contributed by atoms with van der Waals surface area (Å²) in [6, 6.07) is 86.7. The number of hydrogen-bond acceptors (Lipinski definition) is 0. The summed E-state index contributed by atoms with van der Waals surface area (Å²) in [4.78, 5) is 0. The first-order chi connectivity index (χ1) is 31.3. The number of fused-ring (bicyclic) bond motifs is 12. The first kappa shape index (κ1) is 34.7. The van der Waals surface area contributed by atoms with Gasteiger partial charge in [-0.25, -0.2) is 0 Å². The number of rotatable bonds is 6. The number of benzene rings is 10. The Morgan fingerprint density at radius 1 is 0.254 bits per heavy atom. The molecule has 14 rings (SSSR count). The maximum absolute atomic E-state index is 2.87. The van der Waals surface area contributed by atoms with Crippen molar-refractivity contribution >= 4 is 105 Å². The van der Waals surface area contributed by atoms with Gasteiger partial charge in [0.1, 0.15) is 0 Å². The Morgan fingerprint density at radius 3 is 1.10 bits per heavy atom.